The molecule has 92 valence electrons. The lowest BCUT2D eigenvalue weighted by Crippen LogP contribution is -1.81. The normalized spacial score (nSPS) is 11.4. The Bertz CT molecular complexity index is 843. The maximum atomic E-state index is 13.2. The number of hydrogen-bond donors (Lipinski definition) is 2. The van der Waals surface area contributed by atoms with Crippen molar-refractivity contribution in [2.75, 3.05) is 0 Å². The minimum atomic E-state index is -0.284. The number of H-pyrrole nitrogens is 2. The average Bonchev–Trinajstić information content (AvgIpc) is 3.00. The molecular formula is C14H9FN4. The topological polar surface area (TPSA) is 57.4 Å². The van der Waals surface area contributed by atoms with E-state index in [-0.39, 0.29) is 5.82 Å². The van der Waals surface area contributed by atoms with Crippen molar-refractivity contribution in [2.24, 2.45) is 0 Å². The predicted molar refractivity (Wildman–Crippen MR) is 71.1 cm³/mol. The van der Waals surface area contributed by atoms with Crippen molar-refractivity contribution in [3.05, 3.63) is 48.4 Å². The molecular weight excluding hydrogens is 243 g/mol. The van der Waals surface area contributed by atoms with E-state index in [1.807, 2.05) is 18.3 Å². The van der Waals surface area contributed by atoms with Crippen molar-refractivity contribution in [1.29, 1.82) is 0 Å². The fourth-order valence-corrected chi connectivity index (χ4v) is 2.20. The first-order valence-corrected chi connectivity index (χ1v) is 5.89. The number of imidazole rings is 1. The Balaban J connectivity index is 1.96. The van der Waals surface area contributed by atoms with Gasteiger partial charge in [0.1, 0.15) is 5.82 Å². The van der Waals surface area contributed by atoms with Crippen LogP contribution < -0.4 is 0 Å². The van der Waals surface area contributed by atoms with Crippen LogP contribution in [0.5, 0.6) is 0 Å². The van der Waals surface area contributed by atoms with Crippen LogP contribution in [0.4, 0.5) is 4.39 Å². The first-order chi connectivity index (χ1) is 9.29. The van der Waals surface area contributed by atoms with E-state index in [1.54, 1.807) is 12.1 Å². The summed E-state index contributed by atoms with van der Waals surface area (Å²) in [4.78, 5) is 8.89. The maximum absolute atomic E-state index is 13.2. The monoisotopic (exact) mass is 252 g/mol. The molecule has 2 aromatic carbocycles. The van der Waals surface area contributed by atoms with Crippen molar-refractivity contribution in [3.63, 3.8) is 0 Å². The quantitative estimate of drug-likeness (QED) is 0.546. The molecule has 0 aliphatic heterocycles. The molecule has 4 aromatic rings. The Morgan fingerprint density at radius 2 is 1.84 bits per heavy atom. The maximum Gasteiger partial charge on any atom is 0.160 e. The molecule has 0 fully saturated rings. The lowest BCUT2D eigenvalue weighted by Gasteiger charge is -1.94. The zero-order valence-electron chi connectivity index (χ0n) is 9.81. The van der Waals surface area contributed by atoms with E-state index in [0.717, 1.165) is 21.9 Å². The van der Waals surface area contributed by atoms with Gasteiger partial charge >= 0.3 is 0 Å². The third kappa shape index (κ3) is 1.59. The Hall–Kier alpha value is -2.69. The second-order valence-corrected chi connectivity index (χ2v) is 4.40. The van der Waals surface area contributed by atoms with E-state index in [1.165, 1.54) is 12.1 Å². The highest BCUT2D eigenvalue weighted by Crippen LogP contribution is 2.24. The van der Waals surface area contributed by atoms with Crippen molar-refractivity contribution in [2.45, 2.75) is 0 Å². The Kier molecular flexibility index (Phi) is 1.97. The molecule has 0 unspecified atom stereocenters. The molecule has 2 N–H and O–H groups in total. The lowest BCUT2D eigenvalue weighted by atomic mass is 10.2. The number of hydrogen-bond acceptors (Lipinski definition) is 2. The Morgan fingerprint density at radius 3 is 2.68 bits per heavy atom. The number of aromatic nitrogens is 4. The van der Waals surface area contributed by atoms with Gasteiger partial charge < -0.3 is 10.2 Å². The predicted octanol–water partition coefficient (Wildman–Crippen LogP) is 3.25. The highest BCUT2D eigenvalue weighted by molar-refractivity contribution is 5.93. The first kappa shape index (κ1) is 10.3. The van der Waals surface area contributed by atoms with Crippen molar-refractivity contribution >= 4 is 21.9 Å². The molecule has 0 aliphatic carbocycles. The summed E-state index contributed by atoms with van der Waals surface area (Å²) in [6, 6.07) is 10.2. The molecule has 2 aromatic heterocycles. The van der Waals surface area contributed by atoms with Crippen LogP contribution in [0, 0.1) is 5.82 Å². The molecule has 0 spiro atoms. The van der Waals surface area contributed by atoms with Crippen LogP contribution in [0.25, 0.3) is 33.3 Å². The van der Waals surface area contributed by atoms with Gasteiger partial charge in [0.25, 0.3) is 0 Å². The van der Waals surface area contributed by atoms with Crippen LogP contribution in [-0.4, -0.2) is 20.2 Å². The average molecular weight is 252 g/mol. The van der Waals surface area contributed by atoms with Gasteiger partial charge in [0, 0.05) is 17.1 Å². The summed E-state index contributed by atoms with van der Waals surface area (Å²) < 4.78 is 13.2. The molecule has 0 saturated carbocycles. The molecule has 4 rings (SSSR count). The molecule has 4 nitrogen and oxygen atoms in total. The van der Waals surface area contributed by atoms with E-state index in [2.05, 4.69) is 20.2 Å². The summed E-state index contributed by atoms with van der Waals surface area (Å²) in [5, 5.41) is 6.98. The summed E-state index contributed by atoms with van der Waals surface area (Å²) >= 11 is 0. The molecule has 0 amide bonds. The summed E-state index contributed by atoms with van der Waals surface area (Å²) in [5.74, 6) is 0.263. The van der Waals surface area contributed by atoms with E-state index in [9.17, 15) is 4.39 Å². The molecule has 0 saturated heterocycles. The molecule has 0 radical (unpaired) electrons. The molecule has 2 heterocycles. The number of halogens is 1. The van der Waals surface area contributed by atoms with E-state index in [0.29, 0.717) is 11.4 Å². The third-order valence-corrected chi connectivity index (χ3v) is 3.12. The molecule has 5 heteroatoms. The van der Waals surface area contributed by atoms with Crippen LogP contribution in [-0.2, 0) is 0 Å². The van der Waals surface area contributed by atoms with Gasteiger partial charge in [0.15, 0.2) is 5.82 Å². The Labute approximate surface area is 107 Å². The van der Waals surface area contributed by atoms with Gasteiger partial charge in [-0.25, -0.2) is 14.4 Å². The summed E-state index contributed by atoms with van der Waals surface area (Å²) in [6.07, 6.45) is 1.87. The van der Waals surface area contributed by atoms with E-state index >= 15 is 0 Å². The number of benzene rings is 2. The minimum absolute atomic E-state index is 0.284. The van der Waals surface area contributed by atoms with Crippen LogP contribution in [0.2, 0.25) is 0 Å². The van der Waals surface area contributed by atoms with Gasteiger partial charge in [0.2, 0.25) is 0 Å². The Morgan fingerprint density at radius 1 is 1.00 bits per heavy atom. The van der Waals surface area contributed by atoms with Crippen molar-refractivity contribution in [3.8, 4) is 11.4 Å². The zero-order valence-corrected chi connectivity index (χ0v) is 9.81. The first-order valence-electron chi connectivity index (χ1n) is 5.89. The van der Waals surface area contributed by atoms with E-state index < -0.39 is 0 Å². The summed E-state index contributed by atoms with van der Waals surface area (Å²) in [5.41, 5.74) is 3.26. The van der Waals surface area contributed by atoms with Gasteiger partial charge in [0.05, 0.1) is 16.6 Å². The highest BCUT2D eigenvalue weighted by Gasteiger charge is 2.09. The van der Waals surface area contributed by atoms with Crippen LogP contribution in [0.3, 0.4) is 0 Å². The van der Waals surface area contributed by atoms with Crippen LogP contribution >= 0.6 is 0 Å². The number of nitrogens with one attached hydrogen (secondary N) is 2. The fraction of sp³-hybridized carbons (Fsp3) is 0. The van der Waals surface area contributed by atoms with Gasteiger partial charge in [-0.2, -0.15) is 0 Å². The van der Waals surface area contributed by atoms with Crippen LogP contribution in [0.1, 0.15) is 0 Å². The van der Waals surface area contributed by atoms with Gasteiger partial charge in [-0.1, -0.05) is 12.1 Å². The lowest BCUT2D eigenvalue weighted by molar-refractivity contribution is 0.628. The van der Waals surface area contributed by atoms with Crippen molar-refractivity contribution in [1.82, 2.24) is 20.2 Å². The van der Waals surface area contributed by atoms with Crippen molar-refractivity contribution < 1.29 is 4.39 Å². The summed E-state index contributed by atoms with van der Waals surface area (Å²) in [6.45, 7) is 0. The number of fused-ring (bicyclic) bond motifs is 2. The summed E-state index contributed by atoms with van der Waals surface area (Å²) in [7, 11) is 0. The fourth-order valence-electron chi connectivity index (χ4n) is 2.20. The third-order valence-electron chi connectivity index (χ3n) is 3.12. The molecule has 19 heavy (non-hydrogen) atoms. The molecule has 0 aliphatic rings. The van der Waals surface area contributed by atoms with Gasteiger partial charge in [-0.15, -0.1) is 0 Å². The smallest absolute Gasteiger partial charge is 0.160 e. The number of nitrogens with zero attached hydrogens (tertiary/aromatic N) is 2. The molecule has 0 bridgehead atoms. The number of aromatic amines is 2. The SMILES string of the molecule is Fc1cccc(-c2nc3cc4c[nH][nH]c4cc3n2)c1. The van der Waals surface area contributed by atoms with Gasteiger partial charge in [-0.05, 0) is 24.3 Å². The number of rotatable bonds is 1. The second-order valence-electron chi connectivity index (χ2n) is 4.40. The minimum Gasteiger partial charge on any atom is -0.307 e. The zero-order chi connectivity index (χ0) is 12.8. The van der Waals surface area contributed by atoms with E-state index in [4.69, 9.17) is 0 Å². The van der Waals surface area contributed by atoms with Gasteiger partial charge in [-0.3, -0.25) is 0 Å². The highest BCUT2D eigenvalue weighted by atomic mass is 19.1. The van der Waals surface area contributed by atoms with Crippen LogP contribution in [0.15, 0.2) is 42.6 Å². The standard InChI is InChI=1S/C14H9FN4/c15-10-3-1-2-8(4-10)14-17-12-5-9-7-16-19-11(9)6-13(12)18-14/h1-7,16,19H. The molecule has 0 atom stereocenters. The largest absolute Gasteiger partial charge is 0.307 e. The second kappa shape index (κ2) is 3.65.